The van der Waals surface area contributed by atoms with Gasteiger partial charge in [-0.1, -0.05) is 59.1 Å². The van der Waals surface area contributed by atoms with Crippen molar-refractivity contribution in [3.05, 3.63) is 41.0 Å². The molecular formula is C18H24Cl2F2N2O2. The third kappa shape index (κ3) is 7.99. The van der Waals surface area contributed by atoms with Gasteiger partial charge in [-0.05, 0) is 31.0 Å². The van der Waals surface area contributed by atoms with Crippen LogP contribution in [0.5, 0.6) is 0 Å². The summed E-state index contributed by atoms with van der Waals surface area (Å²) in [5, 5.41) is 15.7. The van der Waals surface area contributed by atoms with Gasteiger partial charge in [0, 0.05) is 6.54 Å². The van der Waals surface area contributed by atoms with E-state index in [1.807, 2.05) is 13.0 Å². The fraction of sp³-hybridized carbons (Fsp3) is 0.500. The van der Waals surface area contributed by atoms with Gasteiger partial charge in [-0.25, -0.2) is 4.39 Å². The van der Waals surface area contributed by atoms with E-state index in [-0.39, 0.29) is 6.67 Å². The maximum absolute atomic E-state index is 13.1. The molecule has 0 spiro atoms. The molecule has 1 aromatic rings. The van der Waals surface area contributed by atoms with E-state index in [9.17, 15) is 18.7 Å². The number of rotatable bonds is 11. The number of alkyl halides is 4. The van der Waals surface area contributed by atoms with Crippen LogP contribution in [0.15, 0.2) is 29.8 Å². The average Bonchev–Trinajstić information content (AvgIpc) is 2.63. The van der Waals surface area contributed by atoms with Gasteiger partial charge < -0.3 is 15.7 Å². The van der Waals surface area contributed by atoms with Crippen LogP contribution >= 0.6 is 23.2 Å². The molecule has 0 aliphatic rings. The maximum atomic E-state index is 13.1. The molecule has 0 heterocycles. The molecule has 0 saturated carbocycles. The summed E-state index contributed by atoms with van der Waals surface area (Å²) in [6.45, 7) is 1.93. The molecule has 0 saturated heterocycles. The van der Waals surface area contributed by atoms with Crippen molar-refractivity contribution >= 4 is 35.2 Å². The van der Waals surface area contributed by atoms with Crippen LogP contribution in [0.25, 0.3) is 6.08 Å². The normalized spacial score (nSPS) is 14.3. The van der Waals surface area contributed by atoms with Gasteiger partial charge >= 0.3 is 0 Å². The minimum absolute atomic E-state index is 0.337. The van der Waals surface area contributed by atoms with Crippen LogP contribution in [0.4, 0.5) is 8.78 Å². The fourth-order valence-electron chi connectivity index (χ4n) is 2.28. The van der Waals surface area contributed by atoms with Crippen LogP contribution in [0.3, 0.4) is 0 Å². The summed E-state index contributed by atoms with van der Waals surface area (Å²) < 4.78 is 25.2. The van der Waals surface area contributed by atoms with E-state index in [0.717, 1.165) is 11.1 Å². The number of hydrogen-bond donors (Lipinski definition) is 3. The number of aliphatic hydroxyl groups excluding tert-OH is 1. The first kappa shape index (κ1) is 22.8. The molecule has 2 atom stereocenters. The molecule has 1 rings (SSSR count). The lowest BCUT2D eigenvalue weighted by Gasteiger charge is -2.22. The van der Waals surface area contributed by atoms with Crippen LogP contribution in [0, 0.1) is 0 Å². The molecule has 0 fully saturated rings. The molecule has 146 valence electrons. The Morgan fingerprint density at radius 2 is 1.92 bits per heavy atom. The Kier molecular flexibility index (Phi) is 10.7. The Morgan fingerprint density at radius 3 is 2.46 bits per heavy atom. The van der Waals surface area contributed by atoms with Gasteiger partial charge in [0.25, 0.3) is 5.91 Å². The van der Waals surface area contributed by atoms with Gasteiger partial charge in [-0.3, -0.25) is 9.18 Å². The molecule has 4 nitrogen and oxygen atoms in total. The molecule has 1 amide bonds. The van der Waals surface area contributed by atoms with Crippen LogP contribution in [0.2, 0.25) is 0 Å². The molecule has 0 aromatic heterocycles. The third-order valence-corrected chi connectivity index (χ3v) is 4.05. The first-order valence-corrected chi connectivity index (χ1v) is 9.12. The fourth-order valence-corrected chi connectivity index (χ4v) is 2.41. The highest BCUT2D eigenvalue weighted by atomic mass is 35.5. The summed E-state index contributed by atoms with van der Waals surface area (Å²) >= 11 is 10.8. The molecule has 0 bridgehead atoms. The minimum atomic E-state index is -1.33. The molecule has 8 heteroatoms. The number of carbonyl (C=O) groups excluding carboxylic acids is 1. The van der Waals surface area contributed by atoms with Gasteiger partial charge in [-0.2, -0.15) is 0 Å². The Morgan fingerprint density at radius 1 is 1.27 bits per heavy atom. The lowest BCUT2D eigenvalue weighted by molar-refractivity contribution is -0.121. The smallest absolute Gasteiger partial charge is 0.253 e. The van der Waals surface area contributed by atoms with E-state index < -0.39 is 29.6 Å². The Hall–Kier alpha value is -1.21. The van der Waals surface area contributed by atoms with Crippen molar-refractivity contribution in [2.24, 2.45) is 0 Å². The SMILES string of the molecule is C/C(=C\c1ccc([C@@H](O)[C@@H](CF)NC(=O)C(Cl)Cl)cc1)CNCCCF. The van der Waals surface area contributed by atoms with E-state index in [4.69, 9.17) is 23.2 Å². The standard InChI is InChI=1S/C18H24Cl2F2N2O2/c1-12(11-23-8-2-7-21)9-13-3-5-14(6-4-13)16(25)15(10-22)24-18(26)17(19)20/h3-6,9,15-17,23,25H,2,7-8,10-11H2,1H3,(H,24,26)/b12-9+/t15-,16-/m1/s1. The summed E-state index contributed by atoms with van der Waals surface area (Å²) in [5.74, 6) is -0.759. The van der Waals surface area contributed by atoms with Crippen molar-refractivity contribution < 1.29 is 18.7 Å². The monoisotopic (exact) mass is 408 g/mol. The molecule has 3 N–H and O–H groups in total. The van der Waals surface area contributed by atoms with E-state index in [2.05, 4.69) is 10.6 Å². The largest absolute Gasteiger partial charge is 0.386 e. The summed E-state index contributed by atoms with van der Waals surface area (Å²) in [5.41, 5.74) is 2.44. The van der Waals surface area contributed by atoms with Gasteiger partial charge in [0.1, 0.15) is 12.8 Å². The van der Waals surface area contributed by atoms with Gasteiger partial charge in [0.15, 0.2) is 4.84 Å². The number of aliphatic hydroxyl groups is 1. The highest BCUT2D eigenvalue weighted by Crippen LogP contribution is 2.20. The number of nitrogens with one attached hydrogen (secondary N) is 2. The Balaban J connectivity index is 2.68. The topological polar surface area (TPSA) is 61.4 Å². The second-order valence-electron chi connectivity index (χ2n) is 5.89. The van der Waals surface area contributed by atoms with Crippen molar-refractivity contribution in [3.8, 4) is 0 Å². The highest BCUT2D eigenvalue weighted by molar-refractivity contribution is 6.53. The second-order valence-corrected chi connectivity index (χ2v) is 6.99. The zero-order chi connectivity index (χ0) is 19.5. The number of halogens is 4. The number of hydrogen-bond acceptors (Lipinski definition) is 3. The molecule has 26 heavy (non-hydrogen) atoms. The van der Waals surface area contributed by atoms with Crippen molar-refractivity contribution in [1.82, 2.24) is 10.6 Å². The molecule has 0 unspecified atom stereocenters. The van der Waals surface area contributed by atoms with Crippen molar-refractivity contribution in [2.45, 2.75) is 30.3 Å². The molecule has 0 radical (unpaired) electrons. The zero-order valence-electron chi connectivity index (χ0n) is 14.5. The Labute approximate surface area is 162 Å². The average molecular weight is 409 g/mol. The molecule has 0 aliphatic heterocycles. The molecule has 1 aromatic carbocycles. The lowest BCUT2D eigenvalue weighted by Crippen LogP contribution is -2.43. The predicted molar refractivity (Wildman–Crippen MR) is 102 cm³/mol. The predicted octanol–water partition coefficient (Wildman–Crippen LogP) is 3.33. The molecule has 0 aliphatic carbocycles. The third-order valence-electron chi connectivity index (χ3n) is 3.66. The first-order valence-electron chi connectivity index (χ1n) is 8.25. The van der Waals surface area contributed by atoms with Crippen LogP contribution in [-0.2, 0) is 4.79 Å². The summed E-state index contributed by atoms with van der Waals surface area (Å²) in [6, 6.07) is 5.76. The highest BCUT2D eigenvalue weighted by Gasteiger charge is 2.25. The van der Waals surface area contributed by atoms with Crippen molar-refractivity contribution in [3.63, 3.8) is 0 Å². The minimum Gasteiger partial charge on any atom is -0.386 e. The quantitative estimate of drug-likeness (QED) is 0.388. The summed E-state index contributed by atoms with van der Waals surface area (Å²) in [6.07, 6.45) is 1.22. The van der Waals surface area contributed by atoms with Gasteiger partial charge in [-0.15, -0.1) is 0 Å². The van der Waals surface area contributed by atoms with Crippen LogP contribution < -0.4 is 10.6 Å². The van der Waals surface area contributed by atoms with Crippen molar-refractivity contribution in [1.29, 1.82) is 0 Å². The van der Waals surface area contributed by atoms with Crippen molar-refractivity contribution in [2.75, 3.05) is 26.4 Å². The van der Waals surface area contributed by atoms with E-state index >= 15 is 0 Å². The maximum Gasteiger partial charge on any atom is 0.253 e. The lowest BCUT2D eigenvalue weighted by atomic mass is 10.0. The van der Waals surface area contributed by atoms with E-state index in [0.29, 0.717) is 25.1 Å². The van der Waals surface area contributed by atoms with Crippen LogP contribution in [-0.4, -0.2) is 48.3 Å². The van der Waals surface area contributed by atoms with Crippen LogP contribution in [0.1, 0.15) is 30.6 Å². The number of benzene rings is 1. The zero-order valence-corrected chi connectivity index (χ0v) is 16.0. The van der Waals surface area contributed by atoms with E-state index in [1.165, 1.54) is 0 Å². The summed E-state index contributed by atoms with van der Waals surface area (Å²) in [4.78, 5) is 10.1. The van der Waals surface area contributed by atoms with Gasteiger partial charge in [0.05, 0.1) is 12.7 Å². The second kappa shape index (κ2) is 12.2. The summed E-state index contributed by atoms with van der Waals surface area (Å²) in [7, 11) is 0. The Bertz CT molecular complexity index is 583. The number of amides is 1. The first-order chi connectivity index (χ1) is 12.4. The number of carbonyl (C=O) groups is 1. The van der Waals surface area contributed by atoms with Gasteiger partial charge in [0.2, 0.25) is 0 Å². The molecular weight excluding hydrogens is 385 g/mol. The van der Waals surface area contributed by atoms with E-state index in [1.54, 1.807) is 24.3 Å².